The fourth-order valence-electron chi connectivity index (χ4n) is 2.36. The molecule has 1 rings (SSSR count). The summed E-state index contributed by atoms with van der Waals surface area (Å²) in [7, 11) is 0. The smallest absolute Gasteiger partial charge is 0.227 e. The molecule has 1 aliphatic rings. The summed E-state index contributed by atoms with van der Waals surface area (Å²) >= 11 is 0. The van der Waals surface area contributed by atoms with Crippen molar-refractivity contribution in [3.05, 3.63) is 0 Å². The van der Waals surface area contributed by atoms with Crippen molar-refractivity contribution < 1.29 is 9.53 Å². The quantitative estimate of drug-likeness (QED) is 0.550. The van der Waals surface area contributed by atoms with Crippen LogP contribution in [-0.2, 0) is 9.53 Å². The van der Waals surface area contributed by atoms with Gasteiger partial charge in [-0.25, -0.2) is 0 Å². The van der Waals surface area contributed by atoms with Gasteiger partial charge in [0.2, 0.25) is 5.91 Å². The second kappa shape index (κ2) is 6.49. The number of amides is 1. The van der Waals surface area contributed by atoms with Gasteiger partial charge in [0.05, 0.1) is 11.5 Å². The zero-order valence-corrected chi connectivity index (χ0v) is 9.92. The average molecular weight is 224 g/mol. The minimum Gasteiger partial charge on any atom is -0.382 e. The predicted molar refractivity (Wildman–Crippen MR) is 60.6 cm³/mol. The minimum atomic E-state index is -0.272. The standard InChI is InChI=1S/C12H20N2O2/c1-2-16-10-7-12(5-3-4-6-12)11(15)14-9-8-13/h2-7,9-10H2,1H3,(H,14,15). The molecule has 16 heavy (non-hydrogen) atoms. The number of nitriles is 1. The molecule has 1 N–H and O–H groups in total. The highest BCUT2D eigenvalue weighted by atomic mass is 16.5. The Balaban J connectivity index is 2.51. The lowest BCUT2D eigenvalue weighted by Crippen LogP contribution is -2.40. The molecule has 0 atom stereocenters. The van der Waals surface area contributed by atoms with E-state index < -0.39 is 0 Å². The van der Waals surface area contributed by atoms with Gasteiger partial charge in [-0.15, -0.1) is 0 Å². The summed E-state index contributed by atoms with van der Waals surface area (Å²) in [5.41, 5.74) is -0.272. The van der Waals surface area contributed by atoms with Crippen LogP contribution in [0.2, 0.25) is 0 Å². The van der Waals surface area contributed by atoms with Crippen LogP contribution in [0.5, 0.6) is 0 Å². The Bertz CT molecular complexity index is 265. The van der Waals surface area contributed by atoms with Crippen LogP contribution in [0, 0.1) is 16.7 Å². The molecule has 1 amide bonds. The van der Waals surface area contributed by atoms with Gasteiger partial charge in [0.15, 0.2) is 0 Å². The third-order valence-corrected chi connectivity index (χ3v) is 3.30. The molecule has 4 heteroatoms. The third-order valence-electron chi connectivity index (χ3n) is 3.30. The monoisotopic (exact) mass is 224 g/mol. The summed E-state index contributed by atoms with van der Waals surface area (Å²) in [6, 6.07) is 1.94. The summed E-state index contributed by atoms with van der Waals surface area (Å²) in [5, 5.41) is 11.2. The normalized spacial score (nSPS) is 18.0. The topological polar surface area (TPSA) is 62.1 Å². The van der Waals surface area contributed by atoms with E-state index in [9.17, 15) is 4.79 Å². The van der Waals surface area contributed by atoms with Crippen molar-refractivity contribution in [2.45, 2.75) is 39.0 Å². The van der Waals surface area contributed by atoms with E-state index in [1.807, 2.05) is 13.0 Å². The second-order valence-electron chi connectivity index (χ2n) is 4.28. The zero-order chi connectivity index (χ0) is 11.9. The summed E-state index contributed by atoms with van der Waals surface area (Å²) in [4.78, 5) is 12.0. The number of hydrogen-bond acceptors (Lipinski definition) is 3. The van der Waals surface area contributed by atoms with E-state index in [2.05, 4.69) is 5.32 Å². The van der Waals surface area contributed by atoms with Gasteiger partial charge in [-0.2, -0.15) is 5.26 Å². The van der Waals surface area contributed by atoms with Gasteiger partial charge < -0.3 is 10.1 Å². The number of hydrogen-bond donors (Lipinski definition) is 1. The number of nitrogens with zero attached hydrogens (tertiary/aromatic N) is 1. The van der Waals surface area contributed by atoms with Crippen LogP contribution in [-0.4, -0.2) is 25.7 Å². The Morgan fingerprint density at radius 2 is 2.19 bits per heavy atom. The van der Waals surface area contributed by atoms with E-state index in [0.717, 1.165) is 32.1 Å². The molecular weight excluding hydrogens is 204 g/mol. The molecule has 0 aliphatic heterocycles. The van der Waals surface area contributed by atoms with Gasteiger partial charge in [-0.05, 0) is 26.2 Å². The molecule has 0 spiro atoms. The molecule has 0 aromatic carbocycles. The first-order chi connectivity index (χ1) is 7.75. The molecule has 0 bridgehead atoms. The zero-order valence-electron chi connectivity index (χ0n) is 9.92. The van der Waals surface area contributed by atoms with E-state index in [1.165, 1.54) is 0 Å². The molecule has 0 unspecified atom stereocenters. The SMILES string of the molecule is CCOCCC1(C(=O)NCC#N)CCCC1. The van der Waals surface area contributed by atoms with Gasteiger partial charge in [0.1, 0.15) is 6.54 Å². The Hall–Kier alpha value is -1.08. The molecule has 4 nitrogen and oxygen atoms in total. The maximum absolute atomic E-state index is 12.0. The van der Waals surface area contributed by atoms with Crippen molar-refractivity contribution in [1.82, 2.24) is 5.32 Å². The van der Waals surface area contributed by atoms with Crippen LogP contribution >= 0.6 is 0 Å². The van der Waals surface area contributed by atoms with Crippen molar-refractivity contribution in [3.8, 4) is 6.07 Å². The van der Waals surface area contributed by atoms with E-state index in [0.29, 0.717) is 13.2 Å². The molecule has 1 fully saturated rings. The maximum atomic E-state index is 12.0. The van der Waals surface area contributed by atoms with Gasteiger partial charge in [0.25, 0.3) is 0 Å². The first-order valence-electron chi connectivity index (χ1n) is 5.98. The fraction of sp³-hybridized carbons (Fsp3) is 0.833. The van der Waals surface area contributed by atoms with Crippen molar-refractivity contribution in [2.75, 3.05) is 19.8 Å². The lowest BCUT2D eigenvalue weighted by molar-refractivity contribution is -0.131. The first-order valence-corrected chi connectivity index (χ1v) is 5.98. The van der Waals surface area contributed by atoms with Gasteiger partial charge in [-0.3, -0.25) is 4.79 Å². The maximum Gasteiger partial charge on any atom is 0.227 e. The van der Waals surface area contributed by atoms with Crippen molar-refractivity contribution in [1.29, 1.82) is 5.26 Å². The van der Waals surface area contributed by atoms with Gasteiger partial charge >= 0.3 is 0 Å². The number of carbonyl (C=O) groups is 1. The lowest BCUT2D eigenvalue weighted by Gasteiger charge is -2.26. The molecule has 1 saturated carbocycles. The Kier molecular flexibility index (Phi) is 5.27. The molecule has 90 valence electrons. The highest BCUT2D eigenvalue weighted by Gasteiger charge is 2.40. The minimum absolute atomic E-state index is 0.0336. The number of ether oxygens (including phenoxy) is 1. The van der Waals surface area contributed by atoms with Crippen molar-refractivity contribution in [3.63, 3.8) is 0 Å². The number of rotatable bonds is 6. The van der Waals surface area contributed by atoms with Crippen molar-refractivity contribution in [2.24, 2.45) is 5.41 Å². The van der Waals surface area contributed by atoms with E-state index in [1.54, 1.807) is 0 Å². The largest absolute Gasteiger partial charge is 0.382 e. The second-order valence-corrected chi connectivity index (χ2v) is 4.28. The summed E-state index contributed by atoms with van der Waals surface area (Å²) in [5.74, 6) is 0.0336. The summed E-state index contributed by atoms with van der Waals surface area (Å²) < 4.78 is 5.33. The molecule has 0 heterocycles. The molecule has 1 aliphatic carbocycles. The van der Waals surface area contributed by atoms with Gasteiger partial charge in [-0.1, -0.05) is 12.8 Å². The highest BCUT2D eigenvalue weighted by Crippen LogP contribution is 2.41. The Labute approximate surface area is 97.0 Å². The van der Waals surface area contributed by atoms with E-state index in [4.69, 9.17) is 10.00 Å². The van der Waals surface area contributed by atoms with Crippen LogP contribution < -0.4 is 5.32 Å². The molecule has 0 radical (unpaired) electrons. The molecule has 0 aromatic rings. The predicted octanol–water partition coefficient (Wildman–Crippen LogP) is 1.61. The van der Waals surface area contributed by atoms with Crippen LogP contribution in [0.4, 0.5) is 0 Å². The molecule has 0 aromatic heterocycles. The Morgan fingerprint density at radius 3 is 2.75 bits per heavy atom. The molecular formula is C12H20N2O2. The molecule has 0 saturated heterocycles. The Morgan fingerprint density at radius 1 is 1.50 bits per heavy atom. The number of carbonyl (C=O) groups excluding carboxylic acids is 1. The summed E-state index contributed by atoms with van der Waals surface area (Å²) in [6.45, 7) is 3.39. The van der Waals surface area contributed by atoms with Crippen LogP contribution in [0.25, 0.3) is 0 Å². The first kappa shape index (κ1) is 13.0. The van der Waals surface area contributed by atoms with E-state index in [-0.39, 0.29) is 17.9 Å². The third kappa shape index (κ3) is 3.21. The number of nitrogens with one attached hydrogen (secondary N) is 1. The van der Waals surface area contributed by atoms with Crippen molar-refractivity contribution >= 4 is 5.91 Å². The fourth-order valence-corrected chi connectivity index (χ4v) is 2.36. The van der Waals surface area contributed by atoms with Crippen LogP contribution in [0.1, 0.15) is 39.0 Å². The van der Waals surface area contributed by atoms with Gasteiger partial charge in [0, 0.05) is 13.2 Å². The van der Waals surface area contributed by atoms with Crippen LogP contribution in [0.15, 0.2) is 0 Å². The summed E-state index contributed by atoms with van der Waals surface area (Å²) in [6.07, 6.45) is 4.84. The van der Waals surface area contributed by atoms with E-state index >= 15 is 0 Å². The van der Waals surface area contributed by atoms with Crippen LogP contribution in [0.3, 0.4) is 0 Å². The highest BCUT2D eigenvalue weighted by molar-refractivity contribution is 5.83. The average Bonchev–Trinajstić information content (AvgIpc) is 2.76. The lowest BCUT2D eigenvalue weighted by atomic mass is 9.82.